The van der Waals surface area contributed by atoms with Gasteiger partial charge in [0.25, 0.3) is 5.91 Å². The lowest BCUT2D eigenvalue weighted by molar-refractivity contribution is 0.0547. The number of fused-ring (bicyclic) bond motifs is 2. The zero-order valence-corrected chi connectivity index (χ0v) is 18.5. The van der Waals surface area contributed by atoms with Gasteiger partial charge in [0.2, 0.25) is 0 Å². The molecule has 0 unspecified atom stereocenters. The molecule has 1 aromatic heterocycles. The second kappa shape index (κ2) is 7.86. The summed E-state index contributed by atoms with van der Waals surface area (Å²) in [4.78, 5) is 15.5. The molecular weight excluding hydrogens is 412 g/mol. The molecule has 2 aliphatic heterocycles. The molecule has 2 aromatic carbocycles. The van der Waals surface area contributed by atoms with Crippen molar-refractivity contribution < 1.29 is 9.53 Å². The predicted octanol–water partition coefficient (Wildman–Crippen LogP) is 4.54. The number of nitriles is 1. The third-order valence-electron chi connectivity index (χ3n) is 7.40. The molecule has 6 nitrogen and oxygen atoms in total. The van der Waals surface area contributed by atoms with E-state index >= 15 is 0 Å². The van der Waals surface area contributed by atoms with Crippen LogP contribution in [0.5, 0.6) is 0 Å². The lowest BCUT2D eigenvalue weighted by Crippen LogP contribution is -2.40. The van der Waals surface area contributed by atoms with Gasteiger partial charge in [-0.05, 0) is 67.0 Å². The first-order chi connectivity index (χ1) is 16.2. The molecule has 3 heterocycles. The van der Waals surface area contributed by atoms with Gasteiger partial charge in [0.15, 0.2) is 0 Å². The Kier molecular flexibility index (Phi) is 4.81. The fourth-order valence-corrected chi connectivity index (χ4v) is 5.31. The average Bonchev–Trinajstić information content (AvgIpc) is 3.47. The minimum absolute atomic E-state index is 0.109. The number of rotatable bonds is 4. The molecule has 0 N–H and O–H groups in total. The molecule has 1 amide bonds. The van der Waals surface area contributed by atoms with E-state index in [1.54, 1.807) is 18.2 Å². The Bertz CT molecular complexity index is 1260. The summed E-state index contributed by atoms with van der Waals surface area (Å²) < 4.78 is 7.74. The molecule has 2 fully saturated rings. The number of hydrogen-bond donors (Lipinski definition) is 0. The van der Waals surface area contributed by atoms with E-state index in [2.05, 4.69) is 40.2 Å². The van der Waals surface area contributed by atoms with Crippen molar-refractivity contribution >= 4 is 11.6 Å². The molecule has 33 heavy (non-hydrogen) atoms. The van der Waals surface area contributed by atoms with Crippen LogP contribution >= 0.6 is 0 Å². The van der Waals surface area contributed by atoms with E-state index in [1.165, 1.54) is 18.4 Å². The number of ether oxygens (including phenoxy) is 1. The predicted molar refractivity (Wildman–Crippen MR) is 125 cm³/mol. The number of nitrogens with zero attached hydrogens (tertiary/aromatic N) is 4. The number of carbonyl (C=O) groups is 1. The molecule has 0 radical (unpaired) electrons. The maximum Gasteiger partial charge on any atom is 0.259 e. The average molecular weight is 439 g/mol. The second-order valence-corrected chi connectivity index (χ2v) is 9.57. The van der Waals surface area contributed by atoms with Crippen molar-refractivity contribution in [1.82, 2.24) is 9.78 Å². The van der Waals surface area contributed by atoms with Crippen molar-refractivity contribution in [3.05, 3.63) is 71.5 Å². The van der Waals surface area contributed by atoms with Crippen molar-refractivity contribution in [3.8, 4) is 17.2 Å². The molecule has 0 bridgehead atoms. The van der Waals surface area contributed by atoms with E-state index in [-0.39, 0.29) is 11.3 Å². The first kappa shape index (κ1) is 20.2. The van der Waals surface area contributed by atoms with Crippen molar-refractivity contribution in [2.45, 2.75) is 37.6 Å². The van der Waals surface area contributed by atoms with Gasteiger partial charge in [0.1, 0.15) is 0 Å². The van der Waals surface area contributed by atoms with Crippen LogP contribution in [0, 0.1) is 17.2 Å². The van der Waals surface area contributed by atoms with E-state index in [9.17, 15) is 10.1 Å². The highest BCUT2D eigenvalue weighted by molar-refractivity contribution is 6.09. The molecule has 6 heteroatoms. The molecule has 1 aliphatic carbocycles. The Labute approximate surface area is 193 Å². The van der Waals surface area contributed by atoms with Crippen LogP contribution in [0.1, 0.15) is 47.2 Å². The van der Waals surface area contributed by atoms with Crippen LogP contribution in [-0.4, -0.2) is 35.4 Å². The molecule has 1 saturated heterocycles. The summed E-state index contributed by atoms with van der Waals surface area (Å²) in [6.45, 7) is 3.00. The number of aromatic nitrogens is 2. The van der Waals surface area contributed by atoms with Gasteiger partial charge in [-0.25, -0.2) is 0 Å². The number of carbonyl (C=O) groups excluding carboxylic acids is 1. The monoisotopic (exact) mass is 438 g/mol. The van der Waals surface area contributed by atoms with Gasteiger partial charge in [-0.3, -0.25) is 9.48 Å². The molecular formula is C27H26N4O2. The Morgan fingerprint density at radius 2 is 1.97 bits per heavy atom. The van der Waals surface area contributed by atoms with Crippen LogP contribution in [-0.2, 0) is 16.7 Å². The van der Waals surface area contributed by atoms with Gasteiger partial charge in [-0.1, -0.05) is 18.2 Å². The van der Waals surface area contributed by atoms with Crippen LogP contribution in [0.15, 0.2) is 54.9 Å². The summed E-state index contributed by atoms with van der Waals surface area (Å²) in [6.07, 6.45) is 8.45. The Morgan fingerprint density at radius 1 is 1.15 bits per heavy atom. The topological polar surface area (TPSA) is 71.2 Å². The number of benzene rings is 2. The summed E-state index contributed by atoms with van der Waals surface area (Å²) in [5.74, 6) is 0.668. The van der Waals surface area contributed by atoms with Gasteiger partial charge >= 0.3 is 0 Å². The molecule has 3 aliphatic rings. The van der Waals surface area contributed by atoms with Gasteiger partial charge < -0.3 is 9.64 Å². The van der Waals surface area contributed by atoms with Gasteiger partial charge in [-0.2, -0.15) is 10.4 Å². The molecule has 0 atom stereocenters. The van der Waals surface area contributed by atoms with Gasteiger partial charge in [-0.15, -0.1) is 0 Å². The zero-order valence-electron chi connectivity index (χ0n) is 18.5. The Balaban J connectivity index is 1.39. The van der Waals surface area contributed by atoms with Gasteiger partial charge in [0, 0.05) is 49.2 Å². The smallest absolute Gasteiger partial charge is 0.259 e. The third-order valence-corrected chi connectivity index (χ3v) is 7.40. The first-order valence-corrected chi connectivity index (χ1v) is 11.7. The van der Waals surface area contributed by atoms with Crippen molar-refractivity contribution in [2.24, 2.45) is 5.92 Å². The zero-order chi connectivity index (χ0) is 22.4. The molecule has 1 saturated carbocycles. The lowest BCUT2D eigenvalue weighted by atomic mass is 9.75. The Morgan fingerprint density at radius 3 is 2.76 bits per heavy atom. The van der Waals surface area contributed by atoms with Crippen LogP contribution in [0.4, 0.5) is 5.69 Å². The highest BCUT2D eigenvalue weighted by Gasteiger charge is 2.46. The SMILES string of the molecule is N#Cc1ccccc1C(=O)N1CC2(CCOCC2)c2cc(-c3cnn(CC4CC4)c3)ccc21. The molecule has 6 rings (SSSR count). The highest BCUT2D eigenvalue weighted by atomic mass is 16.5. The number of hydrogen-bond acceptors (Lipinski definition) is 4. The van der Waals surface area contributed by atoms with E-state index in [1.807, 2.05) is 17.2 Å². The fraction of sp³-hybridized carbons (Fsp3) is 0.370. The van der Waals surface area contributed by atoms with Gasteiger partial charge in [0.05, 0.1) is 23.4 Å². The standard InChI is InChI=1S/C27H26N4O2/c28-14-21-3-1-2-4-23(21)26(32)31-18-27(9-11-33-12-10-27)24-13-20(7-8-25(24)31)22-15-29-30(17-22)16-19-5-6-19/h1-4,7-8,13,15,17,19H,5-6,9-12,16,18H2. The summed E-state index contributed by atoms with van der Waals surface area (Å²) in [5, 5.41) is 14.1. The van der Waals surface area contributed by atoms with Crippen molar-refractivity contribution in [2.75, 3.05) is 24.7 Å². The summed E-state index contributed by atoms with van der Waals surface area (Å²) in [7, 11) is 0. The maximum atomic E-state index is 13.6. The summed E-state index contributed by atoms with van der Waals surface area (Å²) in [6, 6.07) is 15.6. The third kappa shape index (κ3) is 3.53. The maximum absolute atomic E-state index is 13.6. The minimum atomic E-state index is -0.120. The van der Waals surface area contributed by atoms with Crippen LogP contribution in [0.3, 0.4) is 0 Å². The quantitative estimate of drug-likeness (QED) is 0.600. The number of anilines is 1. The molecule has 166 valence electrons. The van der Waals surface area contributed by atoms with E-state index in [4.69, 9.17) is 4.74 Å². The normalized spacial score (nSPS) is 18.8. The summed E-state index contributed by atoms with van der Waals surface area (Å²) in [5.41, 5.74) is 5.15. The van der Waals surface area contributed by atoms with Crippen molar-refractivity contribution in [1.29, 1.82) is 5.26 Å². The molecule has 1 spiro atoms. The van der Waals surface area contributed by atoms with E-state index < -0.39 is 0 Å². The van der Waals surface area contributed by atoms with Crippen LogP contribution in [0.25, 0.3) is 11.1 Å². The molecule has 3 aromatic rings. The lowest BCUT2D eigenvalue weighted by Gasteiger charge is -2.34. The largest absolute Gasteiger partial charge is 0.381 e. The fourth-order valence-electron chi connectivity index (χ4n) is 5.31. The van der Waals surface area contributed by atoms with Crippen LogP contribution in [0.2, 0.25) is 0 Å². The first-order valence-electron chi connectivity index (χ1n) is 11.7. The van der Waals surface area contributed by atoms with Crippen LogP contribution < -0.4 is 4.90 Å². The summed E-state index contributed by atoms with van der Waals surface area (Å²) >= 11 is 0. The number of amides is 1. The minimum Gasteiger partial charge on any atom is -0.381 e. The second-order valence-electron chi connectivity index (χ2n) is 9.57. The van der Waals surface area contributed by atoms with E-state index in [0.29, 0.717) is 30.9 Å². The highest BCUT2D eigenvalue weighted by Crippen LogP contribution is 2.48. The van der Waals surface area contributed by atoms with E-state index in [0.717, 1.165) is 42.1 Å². The Hall–Kier alpha value is -3.43. The van der Waals surface area contributed by atoms with Crippen molar-refractivity contribution in [3.63, 3.8) is 0 Å².